The maximum atomic E-state index is 12.2. The van der Waals surface area contributed by atoms with Crippen LogP contribution in [0.3, 0.4) is 0 Å². The molecule has 2 aliphatic rings. The molecule has 90 valence electrons. The Kier molecular flexibility index (Phi) is 3.14. The quantitative estimate of drug-likeness (QED) is 0.728. The highest BCUT2D eigenvalue weighted by Crippen LogP contribution is 2.23. The summed E-state index contributed by atoms with van der Waals surface area (Å²) in [4.78, 5) is 26.8. The van der Waals surface area contributed by atoms with E-state index in [0.29, 0.717) is 13.0 Å². The average Bonchev–Trinajstić information content (AvgIpc) is 2.84. The number of carbonyl (C=O) groups excluding carboxylic acids is 1. The molecule has 2 saturated heterocycles. The number of amides is 1. The summed E-state index contributed by atoms with van der Waals surface area (Å²) in [5.41, 5.74) is 0. The molecule has 16 heavy (non-hydrogen) atoms. The van der Waals surface area contributed by atoms with E-state index in [0.717, 1.165) is 25.8 Å². The number of likely N-dealkylation sites (tertiary alicyclic amines) is 2. The molecule has 0 bridgehead atoms. The Morgan fingerprint density at radius 1 is 1.12 bits per heavy atom. The molecule has 0 saturated carbocycles. The predicted octanol–water partition coefficient (Wildman–Crippen LogP) is 0.156. The summed E-state index contributed by atoms with van der Waals surface area (Å²) in [6.07, 6.45) is 3.29. The van der Waals surface area contributed by atoms with Crippen molar-refractivity contribution in [3.8, 4) is 0 Å². The van der Waals surface area contributed by atoms with E-state index in [4.69, 9.17) is 5.11 Å². The fraction of sp³-hybridized carbons (Fsp3) is 0.818. The Hall–Kier alpha value is -1.10. The van der Waals surface area contributed by atoms with Crippen LogP contribution in [-0.4, -0.2) is 59.0 Å². The molecule has 5 heteroatoms. The normalized spacial score (nSPS) is 30.9. The second-order valence-electron chi connectivity index (χ2n) is 4.67. The van der Waals surface area contributed by atoms with Gasteiger partial charge in [0, 0.05) is 6.54 Å². The molecule has 2 fully saturated rings. The minimum absolute atomic E-state index is 0.00454. The molecule has 2 atom stereocenters. The van der Waals surface area contributed by atoms with E-state index >= 15 is 0 Å². The van der Waals surface area contributed by atoms with E-state index in [1.165, 1.54) is 0 Å². The SMILES string of the molecule is CN1CCC[C@H]1C(=O)N1CCC[C@H]1C(=O)O. The molecule has 0 aliphatic carbocycles. The standard InChI is InChI=1S/C11H18N2O3/c1-12-6-2-4-8(12)10(14)13-7-3-5-9(13)11(15)16/h8-9H,2-7H2,1H3,(H,15,16)/t8-,9-/m0/s1. The minimum Gasteiger partial charge on any atom is -0.480 e. The molecule has 2 rings (SSSR count). The number of carboxylic acid groups (broad SMARTS) is 1. The molecule has 0 aromatic carbocycles. The average molecular weight is 226 g/mol. The first kappa shape index (κ1) is 11.4. The Morgan fingerprint density at radius 3 is 2.31 bits per heavy atom. The fourth-order valence-corrected chi connectivity index (χ4v) is 2.70. The van der Waals surface area contributed by atoms with Crippen molar-refractivity contribution < 1.29 is 14.7 Å². The third kappa shape index (κ3) is 1.91. The molecule has 1 amide bonds. The molecule has 0 radical (unpaired) electrons. The molecule has 2 heterocycles. The number of aliphatic carboxylic acids is 1. The molecule has 2 aliphatic heterocycles. The predicted molar refractivity (Wildman–Crippen MR) is 58.0 cm³/mol. The molecule has 1 N–H and O–H groups in total. The Bertz CT molecular complexity index is 306. The zero-order valence-corrected chi connectivity index (χ0v) is 9.56. The van der Waals surface area contributed by atoms with Crippen LogP contribution in [0.25, 0.3) is 0 Å². The number of rotatable bonds is 2. The van der Waals surface area contributed by atoms with E-state index in [1.54, 1.807) is 4.90 Å². The number of hydrogen-bond acceptors (Lipinski definition) is 3. The highest BCUT2D eigenvalue weighted by Gasteiger charge is 2.39. The second kappa shape index (κ2) is 4.41. The zero-order chi connectivity index (χ0) is 11.7. The summed E-state index contributed by atoms with van der Waals surface area (Å²) < 4.78 is 0. The van der Waals surface area contributed by atoms with Gasteiger partial charge in [-0.05, 0) is 39.3 Å². The van der Waals surface area contributed by atoms with Crippen LogP contribution in [0.5, 0.6) is 0 Å². The van der Waals surface area contributed by atoms with Crippen molar-refractivity contribution in [2.45, 2.75) is 37.8 Å². The summed E-state index contributed by atoms with van der Waals surface area (Å²) in [5, 5.41) is 9.03. The van der Waals surface area contributed by atoms with Crippen molar-refractivity contribution in [2.75, 3.05) is 20.1 Å². The maximum absolute atomic E-state index is 12.2. The number of carboxylic acids is 1. The largest absolute Gasteiger partial charge is 0.480 e. The first-order chi connectivity index (χ1) is 7.61. The summed E-state index contributed by atoms with van der Waals surface area (Å²) in [6, 6.07) is -0.693. The lowest BCUT2D eigenvalue weighted by Crippen LogP contribution is -2.48. The monoisotopic (exact) mass is 226 g/mol. The number of hydrogen-bond donors (Lipinski definition) is 1. The highest BCUT2D eigenvalue weighted by molar-refractivity contribution is 5.87. The van der Waals surface area contributed by atoms with Crippen molar-refractivity contribution in [1.82, 2.24) is 9.80 Å². The third-order valence-electron chi connectivity index (χ3n) is 3.63. The minimum atomic E-state index is -0.869. The van der Waals surface area contributed by atoms with Gasteiger partial charge in [-0.15, -0.1) is 0 Å². The van der Waals surface area contributed by atoms with Crippen LogP contribution in [-0.2, 0) is 9.59 Å². The highest BCUT2D eigenvalue weighted by atomic mass is 16.4. The maximum Gasteiger partial charge on any atom is 0.326 e. The number of carbonyl (C=O) groups is 2. The van der Waals surface area contributed by atoms with Crippen LogP contribution < -0.4 is 0 Å². The lowest BCUT2D eigenvalue weighted by molar-refractivity contribution is -0.149. The molecule has 0 aromatic heterocycles. The van der Waals surface area contributed by atoms with E-state index < -0.39 is 12.0 Å². The Labute approximate surface area is 95.0 Å². The van der Waals surface area contributed by atoms with Crippen LogP contribution in [0.15, 0.2) is 0 Å². The van der Waals surface area contributed by atoms with Gasteiger partial charge in [0.15, 0.2) is 0 Å². The lowest BCUT2D eigenvalue weighted by atomic mass is 10.1. The van der Waals surface area contributed by atoms with Crippen molar-refractivity contribution in [1.29, 1.82) is 0 Å². The van der Waals surface area contributed by atoms with Crippen LogP contribution >= 0.6 is 0 Å². The van der Waals surface area contributed by atoms with Gasteiger partial charge in [0.05, 0.1) is 6.04 Å². The van der Waals surface area contributed by atoms with E-state index in [2.05, 4.69) is 0 Å². The summed E-state index contributed by atoms with van der Waals surface area (Å²) >= 11 is 0. The Balaban J connectivity index is 2.06. The molecule has 0 spiro atoms. The van der Waals surface area contributed by atoms with Crippen LogP contribution in [0.2, 0.25) is 0 Å². The summed E-state index contributed by atoms with van der Waals surface area (Å²) in [6.45, 7) is 1.53. The fourth-order valence-electron chi connectivity index (χ4n) is 2.70. The van der Waals surface area contributed by atoms with E-state index in [-0.39, 0.29) is 11.9 Å². The van der Waals surface area contributed by atoms with Gasteiger partial charge in [0.2, 0.25) is 5.91 Å². The number of nitrogens with zero attached hydrogens (tertiary/aromatic N) is 2. The van der Waals surface area contributed by atoms with Crippen molar-refractivity contribution in [3.63, 3.8) is 0 Å². The van der Waals surface area contributed by atoms with Gasteiger partial charge >= 0.3 is 5.97 Å². The lowest BCUT2D eigenvalue weighted by Gasteiger charge is -2.27. The van der Waals surface area contributed by atoms with Crippen molar-refractivity contribution >= 4 is 11.9 Å². The van der Waals surface area contributed by atoms with Gasteiger partial charge in [-0.3, -0.25) is 9.69 Å². The van der Waals surface area contributed by atoms with Crippen LogP contribution in [0.4, 0.5) is 0 Å². The first-order valence-electron chi connectivity index (χ1n) is 5.85. The first-order valence-corrected chi connectivity index (χ1v) is 5.85. The second-order valence-corrected chi connectivity index (χ2v) is 4.67. The van der Waals surface area contributed by atoms with Gasteiger partial charge in [-0.25, -0.2) is 4.79 Å². The van der Waals surface area contributed by atoms with Gasteiger partial charge in [-0.1, -0.05) is 0 Å². The van der Waals surface area contributed by atoms with Gasteiger partial charge in [0.25, 0.3) is 0 Å². The third-order valence-corrected chi connectivity index (χ3v) is 3.63. The van der Waals surface area contributed by atoms with Crippen molar-refractivity contribution in [3.05, 3.63) is 0 Å². The number of likely N-dealkylation sites (N-methyl/N-ethyl adjacent to an activating group) is 1. The molecule has 0 aromatic rings. The topological polar surface area (TPSA) is 60.9 Å². The van der Waals surface area contributed by atoms with Crippen molar-refractivity contribution in [2.24, 2.45) is 0 Å². The Morgan fingerprint density at radius 2 is 1.75 bits per heavy atom. The smallest absolute Gasteiger partial charge is 0.326 e. The van der Waals surface area contributed by atoms with Gasteiger partial charge in [-0.2, -0.15) is 0 Å². The van der Waals surface area contributed by atoms with E-state index in [9.17, 15) is 9.59 Å². The molecular weight excluding hydrogens is 208 g/mol. The van der Waals surface area contributed by atoms with Crippen LogP contribution in [0, 0.1) is 0 Å². The molecule has 0 unspecified atom stereocenters. The molecular formula is C11H18N2O3. The molecule has 5 nitrogen and oxygen atoms in total. The van der Waals surface area contributed by atoms with Gasteiger partial charge < -0.3 is 10.0 Å². The summed E-state index contributed by atoms with van der Waals surface area (Å²) in [7, 11) is 1.93. The summed E-state index contributed by atoms with van der Waals surface area (Å²) in [5.74, 6) is -0.864. The van der Waals surface area contributed by atoms with Gasteiger partial charge in [0.1, 0.15) is 6.04 Å². The zero-order valence-electron chi connectivity index (χ0n) is 9.56. The van der Waals surface area contributed by atoms with Crippen LogP contribution in [0.1, 0.15) is 25.7 Å². The van der Waals surface area contributed by atoms with E-state index in [1.807, 2.05) is 11.9 Å².